The number of nitrogens with zero attached hydrogens (tertiary/aromatic N) is 1. The minimum atomic E-state index is -2.63. The third-order valence-corrected chi connectivity index (χ3v) is 3.51. The largest absolute Gasteiger partial charge is 0.409 e. The molecule has 1 aliphatic carbocycles. The van der Waals surface area contributed by atoms with Gasteiger partial charge in [-0.2, -0.15) is 0 Å². The molecule has 19 heavy (non-hydrogen) atoms. The Morgan fingerprint density at radius 2 is 2.11 bits per heavy atom. The van der Waals surface area contributed by atoms with Crippen molar-refractivity contribution in [2.24, 2.45) is 16.8 Å². The second kappa shape index (κ2) is 6.68. The average Bonchev–Trinajstić information content (AvgIpc) is 2.37. The highest BCUT2D eigenvalue weighted by atomic mass is 19.3. The summed E-state index contributed by atoms with van der Waals surface area (Å²) in [7, 11) is 0. The van der Waals surface area contributed by atoms with Gasteiger partial charge in [0.2, 0.25) is 11.8 Å². The molecular weight excluding hydrogens is 256 g/mol. The fourth-order valence-electron chi connectivity index (χ4n) is 2.21. The number of rotatable bonds is 5. The summed E-state index contributed by atoms with van der Waals surface area (Å²) in [6.45, 7) is 1.87. The van der Waals surface area contributed by atoms with Crippen LogP contribution in [0.5, 0.6) is 0 Å². The minimum Gasteiger partial charge on any atom is -0.409 e. The van der Waals surface area contributed by atoms with Crippen molar-refractivity contribution in [1.29, 1.82) is 0 Å². The van der Waals surface area contributed by atoms with Crippen LogP contribution in [-0.4, -0.2) is 28.9 Å². The quantitative estimate of drug-likeness (QED) is 0.310. The van der Waals surface area contributed by atoms with Crippen LogP contribution in [-0.2, 0) is 4.79 Å². The number of hydrogen-bond acceptors (Lipinski definition) is 3. The summed E-state index contributed by atoms with van der Waals surface area (Å²) in [4.78, 5) is 11.9. The number of halogens is 2. The Balaban J connectivity index is 2.45. The van der Waals surface area contributed by atoms with Crippen molar-refractivity contribution in [3.8, 4) is 0 Å². The van der Waals surface area contributed by atoms with E-state index < -0.39 is 5.92 Å². The molecule has 1 unspecified atom stereocenters. The topological polar surface area (TPSA) is 87.7 Å². The number of nitrogens with one attached hydrogen (secondary N) is 1. The van der Waals surface area contributed by atoms with Crippen LogP contribution in [0, 0.1) is 5.92 Å². The number of oxime groups is 1. The van der Waals surface area contributed by atoms with E-state index in [9.17, 15) is 13.6 Å². The predicted molar refractivity (Wildman–Crippen MR) is 67.2 cm³/mol. The molecule has 0 aliphatic heterocycles. The van der Waals surface area contributed by atoms with Gasteiger partial charge in [-0.05, 0) is 19.3 Å². The lowest BCUT2D eigenvalue weighted by molar-refractivity contribution is -0.129. The van der Waals surface area contributed by atoms with Gasteiger partial charge in [0.15, 0.2) is 0 Å². The Hall–Kier alpha value is -1.40. The van der Waals surface area contributed by atoms with Crippen molar-refractivity contribution in [2.45, 2.75) is 57.4 Å². The molecule has 5 nitrogen and oxygen atoms in total. The van der Waals surface area contributed by atoms with Crippen molar-refractivity contribution >= 4 is 11.7 Å². The van der Waals surface area contributed by atoms with Crippen molar-refractivity contribution in [3.05, 3.63) is 0 Å². The van der Waals surface area contributed by atoms with Gasteiger partial charge in [-0.3, -0.25) is 4.79 Å². The number of amidine groups is 1. The summed E-state index contributed by atoms with van der Waals surface area (Å²) < 4.78 is 26.0. The van der Waals surface area contributed by atoms with Gasteiger partial charge in [-0.25, -0.2) is 8.78 Å². The molecule has 0 radical (unpaired) electrons. The Morgan fingerprint density at radius 1 is 1.53 bits per heavy atom. The second-order valence-corrected chi connectivity index (χ2v) is 5.04. The van der Waals surface area contributed by atoms with Crippen LogP contribution < -0.4 is 11.1 Å². The van der Waals surface area contributed by atoms with E-state index in [1.54, 1.807) is 0 Å². The van der Waals surface area contributed by atoms with Gasteiger partial charge in [0.1, 0.15) is 5.84 Å². The third-order valence-electron chi connectivity index (χ3n) is 3.51. The molecule has 110 valence electrons. The molecule has 0 aromatic carbocycles. The number of alkyl halides is 2. The number of carbonyl (C=O) groups excluding carboxylic acids is 1. The zero-order chi connectivity index (χ0) is 14.5. The van der Waals surface area contributed by atoms with Crippen LogP contribution >= 0.6 is 0 Å². The van der Waals surface area contributed by atoms with Crippen molar-refractivity contribution in [2.75, 3.05) is 0 Å². The normalized spacial score (nSPS) is 21.9. The standard InChI is InChI=1S/C12H21F2N3O2/c1-2-9(7-10(15)17-19)16-11(18)8-3-5-12(13,14)6-4-8/h8-9,19H,2-7H2,1H3,(H2,15,17)(H,16,18). The summed E-state index contributed by atoms with van der Waals surface area (Å²) in [5.41, 5.74) is 5.39. The maximum atomic E-state index is 13.0. The van der Waals surface area contributed by atoms with Crippen molar-refractivity contribution in [3.63, 3.8) is 0 Å². The van der Waals surface area contributed by atoms with Crippen molar-refractivity contribution < 1.29 is 18.8 Å². The summed E-state index contributed by atoms with van der Waals surface area (Å²) in [6.07, 6.45) is 0.828. The maximum absolute atomic E-state index is 13.0. The molecule has 7 heteroatoms. The SMILES string of the molecule is CCC(CC(N)=NO)NC(=O)C1CCC(F)(F)CC1. The highest BCUT2D eigenvalue weighted by Gasteiger charge is 2.37. The summed E-state index contributed by atoms with van der Waals surface area (Å²) in [5, 5.41) is 14.1. The fourth-order valence-corrected chi connectivity index (χ4v) is 2.21. The Bertz CT molecular complexity index is 338. The van der Waals surface area contributed by atoms with Crippen LogP contribution in [0.15, 0.2) is 5.16 Å². The molecule has 1 rings (SSSR count). The fraction of sp³-hybridized carbons (Fsp3) is 0.833. The van der Waals surface area contributed by atoms with Gasteiger partial charge in [0.25, 0.3) is 0 Å². The molecule has 4 N–H and O–H groups in total. The van der Waals surface area contributed by atoms with Gasteiger partial charge in [-0.1, -0.05) is 12.1 Å². The van der Waals surface area contributed by atoms with E-state index in [4.69, 9.17) is 10.9 Å². The zero-order valence-electron chi connectivity index (χ0n) is 11.0. The number of amides is 1. The van der Waals surface area contributed by atoms with Gasteiger partial charge in [-0.15, -0.1) is 0 Å². The molecule has 0 aromatic rings. The van der Waals surface area contributed by atoms with Gasteiger partial charge < -0.3 is 16.3 Å². The number of carbonyl (C=O) groups is 1. The highest BCUT2D eigenvalue weighted by Crippen LogP contribution is 2.36. The maximum Gasteiger partial charge on any atom is 0.248 e. The molecule has 0 heterocycles. The highest BCUT2D eigenvalue weighted by molar-refractivity contribution is 5.82. The van der Waals surface area contributed by atoms with Crippen LogP contribution in [0.1, 0.15) is 45.4 Å². The van der Waals surface area contributed by atoms with E-state index in [2.05, 4.69) is 10.5 Å². The van der Waals surface area contributed by atoms with E-state index >= 15 is 0 Å². The first kappa shape index (κ1) is 15.7. The number of hydrogen-bond donors (Lipinski definition) is 3. The van der Waals surface area contributed by atoms with Gasteiger partial charge in [0, 0.05) is 31.2 Å². The minimum absolute atomic E-state index is 0.0438. The molecule has 1 saturated carbocycles. The molecule has 1 amide bonds. The Morgan fingerprint density at radius 3 is 2.58 bits per heavy atom. The van der Waals surface area contributed by atoms with Crippen LogP contribution in [0.4, 0.5) is 8.78 Å². The second-order valence-electron chi connectivity index (χ2n) is 5.04. The van der Waals surface area contributed by atoms with E-state index in [0.717, 1.165) is 0 Å². The summed E-state index contributed by atoms with van der Waals surface area (Å²) >= 11 is 0. The van der Waals surface area contributed by atoms with Crippen LogP contribution in [0.3, 0.4) is 0 Å². The zero-order valence-corrected chi connectivity index (χ0v) is 11.0. The summed E-state index contributed by atoms with van der Waals surface area (Å²) in [5.74, 6) is -3.16. The molecule has 1 aliphatic rings. The molecule has 0 aromatic heterocycles. The van der Waals surface area contributed by atoms with Crippen LogP contribution in [0.25, 0.3) is 0 Å². The summed E-state index contributed by atoms with van der Waals surface area (Å²) in [6, 6.07) is -0.231. The van der Waals surface area contributed by atoms with E-state index in [1.807, 2.05) is 6.92 Å². The smallest absolute Gasteiger partial charge is 0.248 e. The lowest BCUT2D eigenvalue weighted by atomic mass is 9.86. The first-order valence-corrected chi connectivity index (χ1v) is 6.52. The third kappa shape index (κ3) is 5.00. The lowest BCUT2D eigenvalue weighted by Gasteiger charge is -2.28. The predicted octanol–water partition coefficient (Wildman–Crippen LogP) is 1.84. The van der Waals surface area contributed by atoms with Gasteiger partial charge >= 0.3 is 0 Å². The van der Waals surface area contributed by atoms with E-state index in [0.29, 0.717) is 6.42 Å². The average molecular weight is 277 g/mol. The molecular formula is C12H21F2N3O2. The lowest BCUT2D eigenvalue weighted by Crippen LogP contribution is -2.42. The monoisotopic (exact) mass is 277 g/mol. The molecule has 1 atom stereocenters. The molecule has 1 fully saturated rings. The first-order chi connectivity index (χ1) is 8.88. The first-order valence-electron chi connectivity index (χ1n) is 6.52. The van der Waals surface area contributed by atoms with E-state index in [1.165, 1.54) is 0 Å². The molecule has 0 saturated heterocycles. The Kier molecular flexibility index (Phi) is 5.50. The van der Waals surface area contributed by atoms with E-state index in [-0.39, 0.29) is 55.8 Å². The Labute approximate surface area is 111 Å². The van der Waals surface area contributed by atoms with Gasteiger partial charge in [0.05, 0.1) is 0 Å². The number of nitrogens with two attached hydrogens (primary N) is 1. The van der Waals surface area contributed by atoms with Crippen molar-refractivity contribution in [1.82, 2.24) is 5.32 Å². The molecule has 0 spiro atoms. The van der Waals surface area contributed by atoms with Crippen LogP contribution in [0.2, 0.25) is 0 Å². The molecule has 0 bridgehead atoms.